The first-order valence-electron chi connectivity index (χ1n) is 16.2. The number of ether oxygens (including phenoxy) is 4. The van der Waals surface area contributed by atoms with E-state index in [4.69, 9.17) is 27.6 Å². The number of hydrogen-bond donors (Lipinski definition) is 0. The Balaban J connectivity index is 2.19. The number of methoxy groups -OCH3 is 2. The van der Waals surface area contributed by atoms with Crippen molar-refractivity contribution in [3.8, 4) is 5.75 Å². The Morgan fingerprint density at radius 1 is 0.822 bits per heavy atom. The molecule has 8 nitrogen and oxygen atoms in total. The molecule has 0 fully saturated rings. The second-order valence-corrected chi connectivity index (χ2v) is 20.0. The molecule has 0 aliphatic rings. The zero-order valence-corrected chi connectivity index (χ0v) is 31.0. The Labute approximate surface area is 274 Å². The van der Waals surface area contributed by atoms with Gasteiger partial charge in [-0.3, -0.25) is 4.18 Å². The highest BCUT2D eigenvalue weighted by Gasteiger charge is 2.47. The summed E-state index contributed by atoms with van der Waals surface area (Å²) in [5.74, 6) is 0.593. The van der Waals surface area contributed by atoms with Crippen molar-refractivity contribution in [2.45, 2.75) is 115 Å². The van der Waals surface area contributed by atoms with E-state index >= 15 is 0 Å². The predicted octanol–water partition coefficient (Wildman–Crippen LogP) is 8.28. The molecule has 0 amide bonds. The quantitative estimate of drug-likeness (QED) is 0.0537. The van der Waals surface area contributed by atoms with Crippen LogP contribution in [0.1, 0.15) is 78.9 Å². The average molecular weight is 667 g/mol. The standard InChI is InChI=1S/C35H58O8SSi/c1-26(2)45(27(3)4,28(5)6)43-33(12-11-21-40-24-31-15-17-32(39-10)18-16-31)22-35(41-25-38-9)30(8)23-42-44(36,37)34-19-13-29(7)14-20-34/h13-20,26-28,30,33,35H,11-12,21-25H2,1-10H3/t30-,33+,35-/m1/s1. The van der Waals surface area contributed by atoms with Crippen LogP contribution in [-0.2, 0) is 39.5 Å². The fraction of sp³-hybridized carbons (Fsp3) is 0.657. The second-order valence-electron chi connectivity index (χ2n) is 13.0. The predicted molar refractivity (Wildman–Crippen MR) is 183 cm³/mol. The van der Waals surface area contributed by atoms with Crippen LogP contribution >= 0.6 is 0 Å². The van der Waals surface area contributed by atoms with Gasteiger partial charge in [0.15, 0.2) is 0 Å². The Morgan fingerprint density at radius 2 is 1.42 bits per heavy atom. The van der Waals surface area contributed by atoms with E-state index in [2.05, 4.69) is 41.5 Å². The molecule has 256 valence electrons. The van der Waals surface area contributed by atoms with Gasteiger partial charge in [0.2, 0.25) is 8.32 Å². The lowest BCUT2D eigenvalue weighted by Crippen LogP contribution is -2.51. The molecule has 0 heterocycles. The van der Waals surface area contributed by atoms with Gasteiger partial charge in [-0.1, -0.05) is 78.3 Å². The zero-order chi connectivity index (χ0) is 33.6. The lowest BCUT2D eigenvalue weighted by Gasteiger charge is -2.45. The third-order valence-electron chi connectivity index (χ3n) is 8.65. The molecule has 0 unspecified atom stereocenters. The number of hydrogen-bond acceptors (Lipinski definition) is 8. The summed E-state index contributed by atoms with van der Waals surface area (Å²) in [6.45, 7) is 18.8. The van der Waals surface area contributed by atoms with E-state index in [-0.39, 0.29) is 36.4 Å². The summed E-state index contributed by atoms with van der Waals surface area (Å²) >= 11 is 0. The Morgan fingerprint density at radius 3 is 1.96 bits per heavy atom. The highest BCUT2D eigenvalue weighted by Crippen LogP contribution is 2.44. The monoisotopic (exact) mass is 666 g/mol. The lowest BCUT2D eigenvalue weighted by molar-refractivity contribution is -0.106. The largest absolute Gasteiger partial charge is 0.497 e. The maximum Gasteiger partial charge on any atom is 0.296 e. The maximum absolute atomic E-state index is 12.9. The fourth-order valence-electron chi connectivity index (χ4n) is 6.20. The SMILES string of the molecule is COCO[C@H](C[C@H](CCCOCc1ccc(OC)cc1)O[Si](C(C)C)(C(C)C)C(C)C)[C@H](C)COS(=O)(=O)c1ccc(C)cc1. The van der Waals surface area contributed by atoms with E-state index < -0.39 is 18.4 Å². The molecule has 0 radical (unpaired) electrons. The van der Waals surface area contributed by atoms with Gasteiger partial charge < -0.3 is 23.4 Å². The molecule has 45 heavy (non-hydrogen) atoms. The second kappa shape index (κ2) is 19.1. The third kappa shape index (κ3) is 12.1. The summed E-state index contributed by atoms with van der Waals surface area (Å²) in [7, 11) is -2.87. The van der Waals surface area contributed by atoms with Crippen LogP contribution in [0.4, 0.5) is 0 Å². The molecule has 2 aromatic rings. The van der Waals surface area contributed by atoms with E-state index in [0.717, 1.165) is 29.7 Å². The zero-order valence-electron chi connectivity index (χ0n) is 29.2. The highest BCUT2D eigenvalue weighted by atomic mass is 32.2. The first kappa shape index (κ1) is 39.4. The van der Waals surface area contributed by atoms with Crippen LogP contribution in [0.5, 0.6) is 5.75 Å². The highest BCUT2D eigenvalue weighted by molar-refractivity contribution is 7.86. The molecule has 3 atom stereocenters. The molecule has 2 aromatic carbocycles. The number of benzene rings is 2. The van der Waals surface area contributed by atoms with Gasteiger partial charge in [-0.15, -0.1) is 0 Å². The van der Waals surface area contributed by atoms with Crippen molar-refractivity contribution in [1.29, 1.82) is 0 Å². The molecule has 0 N–H and O–H groups in total. The van der Waals surface area contributed by atoms with E-state index in [9.17, 15) is 8.42 Å². The van der Waals surface area contributed by atoms with Crippen molar-refractivity contribution < 1.29 is 36.0 Å². The van der Waals surface area contributed by atoms with Crippen molar-refractivity contribution in [3.05, 3.63) is 59.7 Å². The van der Waals surface area contributed by atoms with Crippen molar-refractivity contribution in [1.82, 2.24) is 0 Å². The molecular formula is C35H58O8SSi. The van der Waals surface area contributed by atoms with Gasteiger partial charge in [-0.2, -0.15) is 8.42 Å². The van der Waals surface area contributed by atoms with Gasteiger partial charge in [0.25, 0.3) is 10.1 Å². The summed E-state index contributed by atoms with van der Waals surface area (Å²) in [5.41, 5.74) is 3.34. The number of aryl methyl sites for hydroxylation is 1. The minimum absolute atomic E-state index is 0.0105. The van der Waals surface area contributed by atoms with Crippen LogP contribution in [0.2, 0.25) is 16.6 Å². The summed E-state index contributed by atoms with van der Waals surface area (Å²) in [6, 6.07) is 14.6. The van der Waals surface area contributed by atoms with E-state index in [1.807, 2.05) is 38.1 Å². The van der Waals surface area contributed by atoms with Crippen LogP contribution < -0.4 is 4.74 Å². The van der Waals surface area contributed by atoms with Gasteiger partial charge in [0.1, 0.15) is 12.5 Å². The van der Waals surface area contributed by atoms with Gasteiger partial charge in [-0.05, 0) is 72.6 Å². The molecule has 0 spiro atoms. The van der Waals surface area contributed by atoms with E-state index in [1.165, 1.54) is 0 Å². The number of rotatable bonds is 22. The normalized spacial score (nSPS) is 14.7. The van der Waals surface area contributed by atoms with Crippen LogP contribution in [0.3, 0.4) is 0 Å². The van der Waals surface area contributed by atoms with Crippen molar-refractivity contribution >= 4 is 18.4 Å². The molecule has 0 aromatic heterocycles. The van der Waals surface area contributed by atoms with Crippen LogP contribution in [0.15, 0.2) is 53.4 Å². The minimum Gasteiger partial charge on any atom is -0.497 e. The van der Waals surface area contributed by atoms with Crippen LogP contribution in [0.25, 0.3) is 0 Å². The van der Waals surface area contributed by atoms with Crippen molar-refractivity contribution in [2.75, 3.05) is 34.2 Å². The molecule has 0 saturated heterocycles. The summed E-state index contributed by atoms with van der Waals surface area (Å²) < 4.78 is 61.4. The van der Waals surface area contributed by atoms with Gasteiger partial charge in [0.05, 0.1) is 31.3 Å². The van der Waals surface area contributed by atoms with E-state index in [0.29, 0.717) is 36.3 Å². The summed E-state index contributed by atoms with van der Waals surface area (Å²) in [6.07, 6.45) is 1.79. The fourth-order valence-corrected chi connectivity index (χ4v) is 12.8. The third-order valence-corrected chi connectivity index (χ3v) is 16.1. The van der Waals surface area contributed by atoms with Crippen molar-refractivity contribution in [3.63, 3.8) is 0 Å². The first-order valence-corrected chi connectivity index (χ1v) is 19.8. The minimum atomic E-state index is -3.90. The van der Waals surface area contributed by atoms with Crippen LogP contribution in [0, 0.1) is 12.8 Å². The first-order chi connectivity index (χ1) is 21.3. The topological polar surface area (TPSA) is 89.5 Å². The molecule has 0 aliphatic carbocycles. The summed E-state index contributed by atoms with van der Waals surface area (Å²) in [5, 5.41) is 0. The molecular weight excluding hydrogens is 609 g/mol. The van der Waals surface area contributed by atoms with Gasteiger partial charge >= 0.3 is 0 Å². The molecule has 2 rings (SSSR count). The molecule has 10 heteroatoms. The maximum atomic E-state index is 12.9. The Kier molecular flexibility index (Phi) is 16.7. The van der Waals surface area contributed by atoms with E-state index in [1.54, 1.807) is 38.5 Å². The van der Waals surface area contributed by atoms with Gasteiger partial charge in [0, 0.05) is 25.7 Å². The summed E-state index contributed by atoms with van der Waals surface area (Å²) in [4.78, 5) is 0.145. The Hall–Kier alpha value is -1.79. The molecule has 0 saturated carbocycles. The Bertz CT molecular complexity index is 1180. The molecule has 0 aliphatic heterocycles. The smallest absolute Gasteiger partial charge is 0.296 e. The molecule has 0 bridgehead atoms. The lowest BCUT2D eigenvalue weighted by atomic mass is 9.98. The average Bonchev–Trinajstić information content (AvgIpc) is 3.00. The van der Waals surface area contributed by atoms with Gasteiger partial charge in [-0.25, -0.2) is 0 Å². The van der Waals surface area contributed by atoms with Crippen LogP contribution in [-0.4, -0.2) is 63.2 Å². The van der Waals surface area contributed by atoms with Crippen molar-refractivity contribution in [2.24, 2.45) is 5.92 Å².